The minimum absolute atomic E-state index is 0.347. The first-order chi connectivity index (χ1) is 21.8. The van der Waals surface area contributed by atoms with Crippen molar-refractivity contribution in [1.29, 1.82) is 0 Å². The summed E-state index contributed by atoms with van der Waals surface area (Å²) in [6, 6.07) is 0. The average molecular weight is 616 g/mol. The van der Waals surface area contributed by atoms with E-state index in [1.54, 1.807) is 0 Å². The fourth-order valence-electron chi connectivity index (χ4n) is 6.20. The Bertz CT molecular complexity index is 651. The predicted octanol–water partition coefficient (Wildman–Crippen LogP) is 12.6. The van der Waals surface area contributed by atoms with Crippen LogP contribution in [0.1, 0.15) is 181 Å². The molecule has 3 heteroatoms. The zero-order chi connectivity index (χ0) is 31.6. The Morgan fingerprint density at radius 3 is 1.70 bits per heavy atom. The van der Waals surface area contributed by atoms with Crippen LogP contribution in [-0.4, -0.2) is 50.0 Å². The van der Waals surface area contributed by atoms with Gasteiger partial charge in [0.15, 0.2) is 0 Å². The van der Waals surface area contributed by atoms with Gasteiger partial charge in [-0.15, -0.1) is 0 Å². The standard InChI is InChI=1S/C41H77NO2/c1-4-6-8-10-12-14-16-18-19-21-23-25-27-31-37-44-41(34-32-38-43-40(3)39-42-35-29-30-36-42)33-28-26-24-22-20-17-15-13-11-9-7-5-2/h8,10,14,16,20,22,40-41H,4-7,9,11-13,15,17-19,21,23-39H2,1-3H3/b10-8-,16-14-,22-20-. The van der Waals surface area contributed by atoms with E-state index in [2.05, 4.69) is 62.1 Å². The molecule has 2 unspecified atom stereocenters. The van der Waals surface area contributed by atoms with Crippen LogP contribution in [0.3, 0.4) is 0 Å². The molecule has 1 fully saturated rings. The molecule has 0 radical (unpaired) electrons. The molecule has 0 aromatic heterocycles. The fourth-order valence-corrected chi connectivity index (χ4v) is 6.20. The van der Waals surface area contributed by atoms with Crippen LogP contribution in [0.15, 0.2) is 36.5 Å². The Kier molecular flexibility index (Phi) is 31.3. The molecule has 0 amide bonds. The highest BCUT2D eigenvalue weighted by Crippen LogP contribution is 2.16. The Hall–Kier alpha value is -0.900. The van der Waals surface area contributed by atoms with Gasteiger partial charge in [0.2, 0.25) is 0 Å². The SMILES string of the molecule is CCC/C=C\C/C=C\CCCCCCCCOC(CCCC/C=C\CCCCCCCC)CCCOC(C)CN1CCCC1. The second-order valence-electron chi connectivity index (χ2n) is 13.5. The first kappa shape index (κ1) is 41.1. The lowest BCUT2D eigenvalue weighted by Crippen LogP contribution is -2.30. The Balaban J connectivity index is 2.15. The molecule has 1 rings (SSSR count). The number of allylic oxidation sites excluding steroid dienone is 6. The summed E-state index contributed by atoms with van der Waals surface area (Å²) in [5.41, 5.74) is 0. The molecule has 0 N–H and O–H groups in total. The minimum atomic E-state index is 0.347. The summed E-state index contributed by atoms with van der Waals surface area (Å²) < 4.78 is 12.7. The second kappa shape index (κ2) is 33.5. The van der Waals surface area contributed by atoms with Gasteiger partial charge in [0, 0.05) is 19.8 Å². The molecule has 0 aliphatic carbocycles. The maximum atomic E-state index is 6.47. The van der Waals surface area contributed by atoms with Gasteiger partial charge in [0.1, 0.15) is 0 Å². The highest BCUT2D eigenvalue weighted by Gasteiger charge is 2.15. The van der Waals surface area contributed by atoms with Gasteiger partial charge < -0.3 is 14.4 Å². The van der Waals surface area contributed by atoms with E-state index in [9.17, 15) is 0 Å². The number of hydrogen-bond acceptors (Lipinski definition) is 3. The third-order valence-corrected chi connectivity index (χ3v) is 9.00. The maximum absolute atomic E-state index is 6.47. The molecular formula is C41H77NO2. The number of ether oxygens (including phenoxy) is 2. The van der Waals surface area contributed by atoms with Gasteiger partial charge in [-0.05, 0) is 110 Å². The van der Waals surface area contributed by atoms with E-state index < -0.39 is 0 Å². The van der Waals surface area contributed by atoms with Crippen molar-refractivity contribution in [2.75, 3.05) is 32.8 Å². The number of rotatable bonds is 33. The summed E-state index contributed by atoms with van der Waals surface area (Å²) in [6.45, 7) is 12.2. The average Bonchev–Trinajstić information content (AvgIpc) is 3.54. The van der Waals surface area contributed by atoms with Gasteiger partial charge in [0.25, 0.3) is 0 Å². The predicted molar refractivity (Wildman–Crippen MR) is 196 cm³/mol. The van der Waals surface area contributed by atoms with Gasteiger partial charge in [-0.25, -0.2) is 0 Å². The van der Waals surface area contributed by atoms with Gasteiger partial charge >= 0.3 is 0 Å². The highest BCUT2D eigenvalue weighted by atomic mass is 16.5. The van der Waals surface area contributed by atoms with E-state index in [4.69, 9.17) is 9.47 Å². The van der Waals surface area contributed by atoms with Crippen molar-refractivity contribution < 1.29 is 9.47 Å². The van der Waals surface area contributed by atoms with Crippen molar-refractivity contribution in [2.45, 2.75) is 193 Å². The van der Waals surface area contributed by atoms with Gasteiger partial charge in [-0.3, -0.25) is 0 Å². The molecule has 1 saturated heterocycles. The molecule has 0 aromatic rings. The van der Waals surface area contributed by atoms with Gasteiger partial charge in [-0.2, -0.15) is 0 Å². The summed E-state index contributed by atoms with van der Waals surface area (Å²) >= 11 is 0. The van der Waals surface area contributed by atoms with Crippen molar-refractivity contribution >= 4 is 0 Å². The normalized spacial score (nSPS) is 15.9. The van der Waals surface area contributed by atoms with Crippen LogP contribution in [0.2, 0.25) is 0 Å². The van der Waals surface area contributed by atoms with Crippen molar-refractivity contribution in [3.63, 3.8) is 0 Å². The smallest absolute Gasteiger partial charge is 0.0673 e. The number of hydrogen-bond donors (Lipinski definition) is 0. The van der Waals surface area contributed by atoms with E-state index in [1.165, 1.54) is 154 Å². The third kappa shape index (κ3) is 28.6. The summed E-state index contributed by atoms with van der Waals surface area (Å²) in [4.78, 5) is 2.56. The fraction of sp³-hybridized carbons (Fsp3) is 0.854. The third-order valence-electron chi connectivity index (χ3n) is 9.00. The van der Waals surface area contributed by atoms with E-state index in [1.807, 2.05) is 0 Å². The van der Waals surface area contributed by atoms with Crippen LogP contribution in [0, 0.1) is 0 Å². The number of unbranched alkanes of at least 4 members (excludes halogenated alkanes) is 15. The lowest BCUT2D eigenvalue weighted by molar-refractivity contribution is 0.0130. The topological polar surface area (TPSA) is 21.7 Å². The summed E-state index contributed by atoms with van der Waals surface area (Å²) in [5, 5.41) is 0. The largest absolute Gasteiger partial charge is 0.378 e. The van der Waals surface area contributed by atoms with E-state index in [0.29, 0.717) is 12.2 Å². The minimum Gasteiger partial charge on any atom is -0.378 e. The zero-order valence-electron chi connectivity index (χ0n) is 30.1. The first-order valence-corrected chi connectivity index (χ1v) is 19.7. The first-order valence-electron chi connectivity index (χ1n) is 19.7. The van der Waals surface area contributed by atoms with Crippen molar-refractivity contribution in [3.05, 3.63) is 36.5 Å². The van der Waals surface area contributed by atoms with Crippen LogP contribution in [0.5, 0.6) is 0 Å². The molecule has 3 nitrogen and oxygen atoms in total. The molecule has 0 aromatic carbocycles. The van der Waals surface area contributed by atoms with E-state index in [0.717, 1.165) is 39.0 Å². The van der Waals surface area contributed by atoms with E-state index in [-0.39, 0.29) is 0 Å². The second-order valence-corrected chi connectivity index (χ2v) is 13.5. The highest BCUT2D eigenvalue weighted by molar-refractivity contribution is 4.92. The molecule has 0 saturated carbocycles. The molecule has 0 bridgehead atoms. The van der Waals surface area contributed by atoms with E-state index >= 15 is 0 Å². The van der Waals surface area contributed by atoms with Crippen molar-refractivity contribution in [3.8, 4) is 0 Å². The van der Waals surface area contributed by atoms with Crippen molar-refractivity contribution in [2.24, 2.45) is 0 Å². The molecule has 1 aliphatic heterocycles. The lowest BCUT2D eigenvalue weighted by Gasteiger charge is -2.22. The van der Waals surface area contributed by atoms with Gasteiger partial charge in [-0.1, -0.05) is 121 Å². The molecule has 0 spiro atoms. The molecule has 2 atom stereocenters. The van der Waals surface area contributed by atoms with Crippen LogP contribution in [0.25, 0.3) is 0 Å². The quantitative estimate of drug-likeness (QED) is 0.0541. The summed E-state index contributed by atoms with van der Waals surface area (Å²) in [7, 11) is 0. The lowest BCUT2D eigenvalue weighted by atomic mass is 10.1. The Labute approximate surface area is 276 Å². The van der Waals surface area contributed by atoms with Crippen LogP contribution in [-0.2, 0) is 9.47 Å². The molecule has 1 aliphatic rings. The van der Waals surface area contributed by atoms with Crippen LogP contribution >= 0.6 is 0 Å². The molecule has 44 heavy (non-hydrogen) atoms. The molecular weight excluding hydrogens is 538 g/mol. The number of nitrogens with zero attached hydrogens (tertiary/aromatic N) is 1. The van der Waals surface area contributed by atoms with Crippen LogP contribution < -0.4 is 0 Å². The van der Waals surface area contributed by atoms with Crippen LogP contribution in [0.4, 0.5) is 0 Å². The summed E-state index contributed by atoms with van der Waals surface area (Å²) in [6.07, 6.45) is 47.3. The van der Waals surface area contributed by atoms with Gasteiger partial charge in [0.05, 0.1) is 12.2 Å². The Morgan fingerprint density at radius 2 is 1.05 bits per heavy atom. The Morgan fingerprint density at radius 1 is 0.523 bits per heavy atom. The molecule has 1 heterocycles. The molecule has 258 valence electrons. The van der Waals surface area contributed by atoms with Crippen molar-refractivity contribution in [1.82, 2.24) is 4.90 Å². The monoisotopic (exact) mass is 616 g/mol. The number of likely N-dealkylation sites (tertiary alicyclic amines) is 1. The summed E-state index contributed by atoms with van der Waals surface area (Å²) in [5.74, 6) is 0. The zero-order valence-corrected chi connectivity index (χ0v) is 30.1. The maximum Gasteiger partial charge on any atom is 0.0673 e.